The normalized spacial score (nSPS) is 23.3. The molecule has 0 N–H and O–H groups in total. The van der Waals surface area contributed by atoms with Gasteiger partial charge in [0.1, 0.15) is 0 Å². The lowest BCUT2D eigenvalue weighted by Gasteiger charge is -2.33. The first kappa shape index (κ1) is 21.6. The Morgan fingerprint density at radius 3 is 2.15 bits per heavy atom. The van der Waals surface area contributed by atoms with Crippen LogP contribution in [0.15, 0.2) is 82.4 Å². The average Bonchev–Trinajstić information content (AvgIpc) is 2.94. The van der Waals surface area contributed by atoms with Crippen LogP contribution in [-0.4, -0.2) is 31.1 Å². The molecule has 2 aromatic carbocycles. The van der Waals surface area contributed by atoms with Gasteiger partial charge in [0.2, 0.25) is 11.8 Å². The smallest absolute Gasteiger partial charge is 0.264 e. The third kappa shape index (κ3) is 3.51. The van der Waals surface area contributed by atoms with Crippen molar-refractivity contribution in [1.29, 1.82) is 0 Å². The highest BCUT2D eigenvalue weighted by molar-refractivity contribution is 7.89. The molecule has 2 aliphatic heterocycles. The van der Waals surface area contributed by atoms with Crippen LogP contribution in [0.5, 0.6) is 0 Å². The minimum Gasteiger partial charge on any atom is -0.274 e. The molecule has 2 heterocycles. The SMILES string of the molecule is CC1=CCCN(S(=O)(=O)c2ccc(C)cc2)C2=C1CC1C(=O)N(c3ccccc3)C(=O)C1C2. The Kier molecular flexibility index (Phi) is 5.24. The number of fused-ring (bicyclic) bond motifs is 1. The number of imide groups is 1. The fraction of sp³-hybridized carbons (Fsp3) is 0.308. The molecule has 170 valence electrons. The summed E-state index contributed by atoms with van der Waals surface area (Å²) in [5.41, 5.74) is 4.07. The summed E-state index contributed by atoms with van der Waals surface area (Å²) < 4.78 is 28.8. The van der Waals surface area contributed by atoms with Crippen molar-refractivity contribution >= 4 is 27.5 Å². The summed E-state index contributed by atoms with van der Waals surface area (Å²) in [5, 5.41) is 0. The molecule has 0 radical (unpaired) electrons. The highest BCUT2D eigenvalue weighted by Gasteiger charge is 2.52. The van der Waals surface area contributed by atoms with Crippen molar-refractivity contribution in [2.75, 3.05) is 11.4 Å². The molecule has 0 spiro atoms. The van der Waals surface area contributed by atoms with E-state index in [9.17, 15) is 18.0 Å². The minimum absolute atomic E-state index is 0.201. The van der Waals surface area contributed by atoms with Gasteiger partial charge < -0.3 is 0 Å². The number of allylic oxidation sites excluding steroid dienone is 3. The summed E-state index contributed by atoms with van der Waals surface area (Å²) in [5.74, 6) is -1.48. The second-order valence-corrected chi connectivity index (χ2v) is 10.8. The van der Waals surface area contributed by atoms with Crippen molar-refractivity contribution in [1.82, 2.24) is 4.31 Å². The number of benzene rings is 2. The van der Waals surface area contributed by atoms with Gasteiger partial charge in [-0.15, -0.1) is 0 Å². The van der Waals surface area contributed by atoms with E-state index in [1.807, 2.05) is 26.0 Å². The van der Waals surface area contributed by atoms with Crippen molar-refractivity contribution in [2.24, 2.45) is 11.8 Å². The molecule has 1 aliphatic carbocycles. The third-order valence-corrected chi connectivity index (χ3v) is 8.78. The van der Waals surface area contributed by atoms with E-state index in [2.05, 4.69) is 0 Å². The molecule has 5 rings (SSSR count). The molecule has 1 fully saturated rings. The number of carbonyl (C=O) groups excluding carboxylic acids is 2. The van der Waals surface area contributed by atoms with E-state index in [4.69, 9.17) is 0 Å². The van der Waals surface area contributed by atoms with Crippen molar-refractivity contribution in [3.63, 3.8) is 0 Å². The number of rotatable bonds is 3. The lowest BCUT2D eigenvalue weighted by molar-refractivity contribution is -0.122. The summed E-state index contributed by atoms with van der Waals surface area (Å²) in [7, 11) is -3.79. The van der Waals surface area contributed by atoms with Crippen molar-refractivity contribution in [3.05, 3.63) is 83.1 Å². The fourth-order valence-corrected chi connectivity index (χ4v) is 6.70. The van der Waals surface area contributed by atoms with Gasteiger partial charge >= 0.3 is 0 Å². The maximum atomic E-state index is 13.6. The van der Waals surface area contributed by atoms with Gasteiger partial charge in [-0.1, -0.05) is 47.5 Å². The van der Waals surface area contributed by atoms with Gasteiger partial charge in [-0.2, -0.15) is 0 Å². The molecule has 3 aliphatic rings. The highest BCUT2D eigenvalue weighted by Crippen LogP contribution is 2.46. The lowest BCUT2D eigenvalue weighted by atomic mass is 9.77. The number of aryl methyl sites for hydroxylation is 1. The molecule has 2 aromatic rings. The quantitative estimate of drug-likeness (QED) is 0.641. The molecule has 1 saturated heterocycles. The number of carbonyl (C=O) groups is 2. The van der Waals surface area contributed by atoms with E-state index < -0.39 is 21.9 Å². The molecule has 0 saturated carbocycles. The molecule has 2 atom stereocenters. The second-order valence-electron chi connectivity index (χ2n) is 8.96. The summed E-state index contributed by atoms with van der Waals surface area (Å²) in [6, 6.07) is 15.8. The minimum atomic E-state index is -3.79. The van der Waals surface area contributed by atoms with E-state index in [0.29, 0.717) is 30.8 Å². The number of amides is 2. The standard InChI is InChI=1S/C26H26N2O4S/c1-17-10-12-20(13-11-17)33(31,32)27-14-6-7-18(2)21-15-22-23(16-24(21)27)26(30)28(25(22)29)19-8-4-3-5-9-19/h3-5,7-13,22-23H,6,14-16H2,1-2H3. The molecule has 0 bridgehead atoms. The topological polar surface area (TPSA) is 74.8 Å². The zero-order valence-electron chi connectivity index (χ0n) is 18.7. The van der Waals surface area contributed by atoms with E-state index in [0.717, 1.165) is 16.7 Å². The predicted molar refractivity (Wildman–Crippen MR) is 126 cm³/mol. The van der Waals surface area contributed by atoms with Crippen molar-refractivity contribution in [2.45, 2.75) is 38.0 Å². The number of hydrogen-bond acceptors (Lipinski definition) is 4. The molecular weight excluding hydrogens is 436 g/mol. The Morgan fingerprint density at radius 1 is 0.848 bits per heavy atom. The maximum absolute atomic E-state index is 13.6. The first-order chi connectivity index (χ1) is 15.8. The maximum Gasteiger partial charge on any atom is 0.264 e. The van der Waals surface area contributed by atoms with Gasteiger partial charge in [0.05, 0.1) is 22.4 Å². The Morgan fingerprint density at radius 2 is 1.48 bits per heavy atom. The van der Waals surface area contributed by atoms with Gasteiger partial charge in [0, 0.05) is 18.7 Å². The largest absolute Gasteiger partial charge is 0.274 e. The molecule has 7 heteroatoms. The van der Waals surface area contributed by atoms with Crippen LogP contribution in [0, 0.1) is 18.8 Å². The van der Waals surface area contributed by atoms with Crippen LogP contribution in [-0.2, 0) is 19.6 Å². The zero-order chi connectivity index (χ0) is 23.3. The summed E-state index contributed by atoms with van der Waals surface area (Å²) in [4.78, 5) is 28.2. The van der Waals surface area contributed by atoms with Crippen LogP contribution in [0.1, 0.15) is 31.7 Å². The highest BCUT2D eigenvalue weighted by atomic mass is 32.2. The fourth-order valence-electron chi connectivity index (χ4n) is 5.14. The third-order valence-electron chi connectivity index (χ3n) is 6.93. The van der Waals surface area contributed by atoms with E-state index >= 15 is 0 Å². The number of hydrogen-bond donors (Lipinski definition) is 0. The van der Waals surface area contributed by atoms with Gasteiger partial charge in [0.25, 0.3) is 10.0 Å². The molecule has 6 nitrogen and oxygen atoms in total. The number of anilines is 1. The average molecular weight is 463 g/mol. The van der Waals surface area contributed by atoms with Gasteiger partial charge in [0.15, 0.2) is 0 Å². The molecule has 2 unspecified atom stereocenters. The Balaban J connectivity index is 1.55. The molecule has 0 aromatic heterocycles. The first-order valence-corrected chi connectivity index (χ1v) is 12.6. The van der Waals surface area contributed by atoms with E-state index in [1.165, 1.54) is 9.21 Å². The summed E-state index contributed by atoms with van der Waals surface area (Å²) in [6.07, 6.45) is 3.23. The van der Waals surface area contributed by atoms with Crippen LogP contribution < -0.4 is 4.90 Å². The first-order valence-electron chi connectivity index (χ1n) is 11.2. The zero-order valence-corrected chi connectivity index (χ0v) is 19.5. The van der Waals surface area contributed by atoms with Gasteiger partial charge in [-0.25, -0.2) is 8.42 Å². The molecule has 33 heavy (non-hydrogen) atoms. The molecular formula is C26H26N2O4S. The number of para-hydroxylation sites is 1. The monoisotopic (exact) mass is 462 g/mol. The van der Waals surface area contributed by atoms with Gasteiger partial charge in [-0.05, 0) is 56.5 Å². The summed E-state index contributed by atoms with van der Waals surface area (Å²) >= 11 is 0. The molecule has 2 amide bonds. The second kappa shape index (κ2) is 7.99. The predicted octanol–water partition coefficient (Wildman–Crippen LogP) is 4.19. The summed E-state index contributed by atoms with van der Waals surface area (Å²) in [6.45, 7) is 4.20. The van der Waals surface area contributed by atoms with Crippen molar-refractivity contribution in [3.8, 4) is 0 Å². The van der Waals surface area contributed by atoms with Gasteiger partial charge in [-0.3, -0.25) is 18.8 Å². The van der Waals surface area contributed by atoms with E-state index in [-0.39, 0.29) is 23.1 Å². The van der Waals surface area contributed by atoms with E-state index in [1.54, 1.807) is 48.5 Å². The Labute approximate surface area is 194 Å². The number of sulfonamides is 1. The van der Waals surface area contributed by atoms with Crippen LogP contribution in [0.4, 0.5) is 5.69 Å². The van der Waals surface area contributed by atoms with Crippen LogP contribution >= 0.6 is 0 Å². The van der Waals surface area contributed by atoms with Crippen LogP contribution in [0.2, 0.25) is 0 Å². The Bertz CT molecular complexity index is 1290. The Hall–Kier alpha value is -3.19. The van der Waals surface area contributed by atoms with Crippen molar-refractivity contribution < 1.29 is 18.0 Å². The van der Waals surface area contributed by atoms with Crippen LogP contribution in [0.3, 0.4) is 0 Å². The van der Waals surface area contributed by atoms with Crippen LogP contribution in [0.25, 0.3) is 0 Å². The number of nitrogens with zero attached hydrogens (tertiary/aromatic N) is 2. The lowest BCUT2D eigenvalue weighted by Crippen LogP contribution is -2.36.